The van der Waals surface area contributed by atoms with E-state index in [0.29, 0.717) is 6.61 Å². The number of likely N-dealkylation sites (tertiary alicyclic amines) is 1. The summed E-state index contributed by atoms with van der Waals surface area (Å²) in [5, 5.41) is 9.20. The first-order valence-electron chi connectivity index (χ1n) is 7.26. The summed E-state index contributed by atoms with van der Waals surface area (Å²) in [6.07, 6.45) is 2.62. The maximum absolute atomic E-state index is 9.20. The van der Waals surface area contributed by atoms with Crippen molar-refractivity contribution in [3.05, 3.63) is 35.4 Å². The molecule has 1 aliphatic rings. The molecule has 0 unspecified atom stereocenters. The van der Waals surface area contributed by atoms with E-state index in [9.17, 15) is 5.11 Å². The van der Waals surface area contributed by atoms with Gasteiger partial charge in [-0.2, -0.15) is 0 Å². The number of quaternary nitrogens is 1. The molecule has 0 aromatic heterocycles. The van der Waals surface area contributed by atoms with Crippen molar-refractivity contribution >= 4 is 0 Å². The molecule has 18 heavy (non-hydrogen) atoms. The third kappa shape index (κ3) is 4.11. The first-order valence-corrected chi connectivity index (χ1v) is 7.26. The second kappa shape index (κ2) is 7.55. The summed E-state index contributed by atoms with van der Waals surface area (Å²) in [4.78, 5) is 0. The first kappa shape index (κ1) is 15.2. The standard InChI is InChI=1S/C14H22NO.C2H6/c1-13-4-6-14(7-5-13)12-15(10-11-16)8-2-3-9-15;1-2/h4-7,16H,2-3,8-12H2,1H3;1-2H3/q+1;. The number of aliphatic hydroxyl groups excluding tert-OH is 1. The predicted octanol–water partition coefficient (Wildman–Crippen LogP) is 3.12. The molecule has 1 aromatic rings. The van der Waals surface area contributed by atoms with Crippen LogP contribution in [0.2, 0.25) is 0 Å². The Kier molecular flexibility index (Phi) is 6.37. The van der Waals surface area contributed by atoms with Crippen LogP contribution in [0.4, 0.5) is 0 Å². The van der Waals surface area contributed by atoms with Gasteiger partial charge in [-0.05, 0) is 6.92 Å². The SMILES string of the molecule is CC.Cc1ccc(C[N+]2(CCO)CCCC2)cc1. The molecule has 2 nitrogen and oxygen atoms in total. The molecule has 1 aliphatic heterocycles. The number of aryl methyl sites for hydroxylation is 1. The zero-order chi connectivity index (χ0) is 13.4. The smallest absolute Gasteiger partial charge is 0.104 e. The van der Waals surface area contributed by atoms with E-state index < -0.39 is 0 Å². The zero-order valence-corrected chi connectivity index (χ0v) is 12.2. The van der Waals surface area contributed by atoms with E-state index in [-0.39, 0.29) is 0 Å². The van der Waals surface area contributed by atoms with E-state index in [0.717, 1.165) is 17.6 Å². The second-order valence-electron chi connectivity index (χ2n) is 5.09. The van der Waals surface area contributed by atoms with Gasteiger partial charge in [-0.3, -0.25) is 0 Å². The van der Waals surface area contributed by atoms with Crippen LogP contribution in [0, 0.1) is 6.92 Å². The lowest BCUT2D eigenvalue weighted by Crippen LogP contribution is -2.46. The number of nitrogens with zero attached hydrogens (tertiary/aromatic N) is 1. The van der Waals surface area contributed by atoms with Crippen molar-refractivity contribution in [2.45, 2.75) is 40.2 Å². The van der Waals surface area contributed by atoms with Crippen LogP contribution in [0.5, 0.6) is 0 Å². The summed E-state index contributed by atoms with van der Waals surface area (Å²) in [5.74, 6) is 0. The molecule has 0 radical (unpaired) electrons. The predicted molar refractivity (Wildman–Crippen MR) is 77.4 cm³/mol. The normalized spacial score (nSPS) is 17.1. The highest BCUT2D eigenvalue weighted by molar-refractivity contribution is 5.20. The minimum Gasteiger partial charge on any atom is -0.391 e. The lowest BCUT2D eigenvalue weighted by molar-refractivity contribution is -0.929. The van der Waals surface area contributed by atoms with Gasteiger partial charge in [0.1, 0.15) is 13.1 Å². The van der Waals surface area contributed by atoms with Gasteiger partial charge in [0.2, 0.25) is 0 Å². The maximum Gasteiger partial charge on any atom is 0.104 e. The molecule has 1 aromatic carbocycles. The molecule has 1 fully saturated rings. The highest BCUT2D eigenvalue weighted by Crippen LogP contribution is 2.23. The average molecular weight is 250 g/mol. The lowest BCUT2D eigenvalue weighted by Gasteiger charge is -2.33. The van der Waals surface area contributed by atoms with Crippen molar-refractivity contribution < 1.29 is 9.59 Å². The van der Waals surface area contributed by atoms with E-state index in [1.807, 2.05) is 13.8 Å². The van der Waals surface area contributed by atoms with E-state index in [4.69, 9.17) is 0 Å². The molecule has 2 rings (SSSR count). The van der Waals surface area contributed by atoms with Gasteiger partial charge in [0.25, 0.3) is 0 Å². The molecule has 0 aliphatic carbocycles. The summed E-state index contributed by atoms with van der Waals surface area (Å²) in [7, 11) is 0. The topological polar surface area (TPSA) is 20.2 Å². The fraction of sp³-hybridized carbons (Fsp3) is 0.625. The highest BCUT2D eigenvalue weighted by atomic mass is 16.3. The van der Waals surface area contributed by atoms with Crippen molar-refractivity contribution in [1.29, 1.82) is 0 Å². The van der Waals surface area contributed by atoms with Crippen LogP contribution in [0.3, 0.4) is 0 Å². The van der Waals surface area contributed by atoms with E-state index in [1.54, 1.807) is 0 Å². The minimum atomic E-state index is 0.311. The van der Waals surface area contributed by atoms with Crippen molar-refractivity contribution in [3.8, 4) is 0 Å². The molecule has 1 saturated heterocycles. The molecule has 0 amide bonds. The van der Waals surface area contributed by atoms with Gasteiger partial charge in [0, 0.05) is 18.4 Å². The first-order chi connectivity index (χ1) is 8.74. The number of rotatable bonds is 4. The summed E-state index contributed by atoms with van der Waals surface area (Å²) < 4.78 is 1.08. The fourth-order valence-corrected chi connectivity index (χ4v) is 2.76. The average Bonchev–Trinajstić information content (AvgIpc) is 2.84. The monoisotopic (exact) mass is 250 g/mol. The second-order valence-corrected chi connectivity index (χ2v) is 5.09. The number of benzene rings is 1. The molecular formula is C16H28NO+. The molecule has 1 N–H and O–H groups in total. The zero-order valence-electron chi connectivity index (χ0n) is 12.2. The highest BCUT2D eigenvalue weighted by Gasteiger charge is 2.31. The van der Waals surface area contributed by atoms with E-state index in [2.05, 4.69) is 31.2 Å². The number of hydrogen-bond donors (Lipinski definition) is 1. The Labute approximate surface area is 112 Å². The summed E-state index contributed by atoms with van der Waals surface area (Å²) >= 11 is 0. The third-order valence-corrected chi connectivity index (χ3v) is 3.73. The molecule has 1 heterocycles. The van der Waals surface area contributed by atoms with Crippen LogP contribution < -0.4 is 0 Å². The van der Waals surface area contributed by atoms with Crippen LogP contribution in [0.25, 0.3) is 0 Å². The van der Waals surface area contributed by atoms with Crippen LogP contribution in [0.15, 0.2) is 24.3 Å². The van der Waals surface area contributed by atoms with Gasteiger partial charge in [0.05, 0.1) is 19.7 Å². The van der Waals surface area contributed by atoms with Crippen LogP contribution in [-0.4, -0.2) is 35.8 Å². The van der Waals surface area contributed by atoms with Crippen molar-refractivity contribution in [2.75, 3.05) is 26.2 Å². The van der Waals surface area contributed by atoms with Gasteiger partial charge >= 0.3 is 0 Å². The maximum atomic E-state index is 9.20. The van der Waals surface area contributed by atoms with Crippen LogP contribution in [0.1, 0.15) is 37.8 Å². The summed E-state index contributed by atoms with van der Waals surface area (Å²) in [6, 6.07) is 8.82. The Bertz CT molecular complexity index is 325. The van der Waals surface area contributed by atoms with Crippen LogP contribution in [-0.2, 0) is 6.54 Å². The van der Waals surface area contributed by atoms with Crippen LogP contribution >= 0.6 is 0 Å². The Hall–Kier alpha value is -0.860. The molecule has 0 saturated carbocycles. The molecule has 2 heteroatoms. The lowest BCUT2D eigenvalue weighted by atomic mass is 10.1. The molecule has 0 spiro atoms. The number of aliphatic hydroxyl groups is 1. The Morgan fingerprint density at radius 1 is 1.06 bits per heavy atom. The minimum absolute atomic E-state index is 0.311. The number of hydrogen-bond acceptors (Lipinski definition) is 1. The molecule has 102 valence electrons. The van der Waals surface area contributed by atoms with E-state index in [1.165, 1.54) is 37.1 Å². The molecule has 0 bridgehead atoms. The van der Waals surface area contributed by atoms with Crippen molar-refractivity contribution in [1.82, 2.24) is 0 Å². The Morgan fingerprint density at radius 2 is 1.61 bits per heavy atom. The summed E-state index contributed by atoms with van der Waals surface area (Å²) in [5.41, 5.74) is 2.72. The largest absolute Gasteiger partial charge is 0.391 e. The van der Waals surface area contributed by atoms with Crippen molar-refractivity contribution in [2.24, 2.45) is 0 Å². The van der Waals surface area contributed by atoms with Gasteiger partial charge in [-0.15, -0.1) is 0 Å². The molecular weight excluding hydrogens is 222 g/mol. The van der Waals surface area contributed by atoms with Gasteiger partial charge in [-0.25, -0.2) is 0 Å². The van der Waals surface area contributed by atoms with Gasteiger partial charge in [0.15, 0.2) is 0 Å². The summed E-state index contributed by atoms with van der Waals surface area (Å²) in [6.45, 7) is 10.9. The quantitative estimate of drug-likeness (QED) is 0.814. The molecule has 0 atom stereocenters. The Morgan fingerprint density at radius 3 is 2.11 bits per heavy atom. The van der Waals surface area contributed by atoms with Crippen molar-refractivity contribution in [3.63, 3.8) is 0 Å². The Balaban J connectivity index is 0.000000771. The van der Waals surface area contributed by atoms with E-state index >= 15 is 0 Å². The fourth-order valence-electron chi connectivity index (χ4n) is 2.76. The van der Waals surface area contributed by atoms with Gasteiger partial charge < -0.3 is 9.59 Å². The van der Waals surface area contributed by atoms with Gasteiger partial charge in [-0.1, -0.05) is 43.7 Å². The third-order valence-electron chi connectivity index (χ3n) is 3.73.